The Labute approximate surface area is 184 Å². The Bertz CT molecular complexity index is 1070. The summed E-state index contributed by atoms with van der Waals surface area (Å²) in [4.78, 5) is 23.7. The molecule has 7 heteroatoms. The van der Waals surface area contributed by atoms with Crippen LogP contribution in [0.15, 0.2) is 66.7 Å². The van der Waals surface area contributed by atoms with E-state index in [0.29, 0.717) is 33.7 Å². The number of nitrogens with one attached hydrogen (secondary N) is 1. The van der Waals surface area contributed by atoms with E-state index in [0.717, 1.165) is 11.1 Å². The van der Waals surface area contributed by atoms with Crippen LogP contribution in [0.25, 0.3) is 0 Å². The van der Waals surface area contributed by atoms with E-state index in [2.05, 4.69) is 5.32 Å². The topological polar surface area (TPSA) is 64.6 Å². The van der Waals surface area contributed by atoms with Gasteiger partial charge in [0, 0.05) is 18.5 Å². The van der Waals surface area contributed by atoms with Crippen molar-refractivity contribution < 1.29 is 19.1 Å². The lowest BCUT2D eigenvalue weighted by molar-refractivity contribution is -0.131. The molecule has 154 valence electrons. The summed E-state index contributed by atoms with van der Waals surface area (Å²) in [6, 6.07) is 19.2. The Morgan fingerprint density at radius 1 is 0.900 bits per heavy atom. The Kier molecular flexibility index (Phi) is 7.33. The predicted molar refractivity (Wildman–Crippen MR) is 116 cm³/mol. The van der Waals surface area contributed by atoms with Crippen LogP contribution in [0.4, 0.5) is 0 Å². The molecule has 3 aromatic carbocycles. The van der Waals surface area contributed by atoms with Gasteiger partial charge in [0.2, 0.25) is 0 Å². The molecule has 0 aliphatic carbocycles. The van der Waals surface area contributed by atoms with Gasteiger partial charge in [-0.25, -0.2) is 0 Å². The molecule has 0 aromatic heterocycles. The van der Waals surface area contributed by atoms with Crippen LogP contribution in [-0.4, -0.2) is 11.9 Å². The molecule has 0 aliphatic rings. The molecule has 0 saturated heterocycles. The van der Waals surface area contributed by atoms with Crippen LogP contribution < -0.4 is 14.8 Å². The van der Waals surface area contributed by atoms with Gasteiger partial charge in [0.25, 0.3) is 5.91 Å². The van der Waals surface area contributed by atoms with Crippen LogP contribution in [-0.2, 0) is 17.9 Å². The maximum atomic E-state index is 12.6. The van der Waals surface area contributed by atoms with Crippen LogP contribution in [0.2, 0.25) is 10.0 Å². The fraction of sp³-hybridized carbons (Fsp3) is 0.130. The van der Waals surface area contributed by atoms with Gasteiger partial charge in [-0.2, -0.15) is 0 Å². The lowest BCUT2D eigenvalue weighted by Gasteiger charge is -2.11. The molecular formula is C23H19Cl2NO4. The fourth-order valence-electron chi connectivity index (χ4n) is 2.72. The maximum absolute atomic E-state index is 12.6. The monoisotopic (exact) mass is 443 g/mol. The molecule has 5 nitrogen and oxygen atoms in total. The predicted octanol–water partition coefficient (Wildman–Crippen LogP) is 5.43. The van der Waals surface area contributed by atoms with Gasteiger partial charge in [0.05, 0.1) is 10.6 Å². The first-order valence-corrected chi connectivity index (χ1v) is 9.88. The molecule has 0 bridgehead atoms. The van der Waals surface area contributed by atoms with Crippen molar-refractivity contribution in [2.45, 2.75) is 20.1 Å². The van der Waals surface area contributed by atoms with E-state index < -0.39 is 5.97 Å². The summed E-state index contributed by atoms with van der Waals surface area (Å²) < 4.78 is 10.8. The van der Waals surface area contributed by atoms with Gasteiger partial charge in [-0.05, 0) is 53.6 Å². The Hall–Kier alpha value is -3.02. The number of hydrogen-bond acceptors (Lipinski definition) is 4. The average Bonchev–Trinajstić information content (AvgIpc) is 2.71. The quantitative estimate of drug-likeness (QED) is 0.390. The van der Waals surface area contributed by atoms with Crippen LogP contribution in [0.5, 0.6) is 11.5 Å². The molecule has 3 rings (SSSR count). The fourth-order valence-corrected chi connectivity index (χ4v) is 3.14. The van der Waals surface area contributed by atoms with Crippen molar-refractivity contribution in [3.8, 4) is 11.5 Å². The van der Waals surface area contributed by atoms with E-state index in [1.807, 2.05) is 24.3 Å². The highest BCUT2D eigenvalue weighted by Gasteiger charge is 2.12. The summed E-state index contributed by atoms with van der Waals surface area (Å²) in [5.41, 5.74) is 2.00. The normalized spacial score (nSPS) is 10.4. The van der Waals surface area contributed by atoms with Gasteiger partial charge in [0.1, 0.15) is 18.1 Å². The number of hydrogen-bond donors (Lipinski definition) is 1. The Morgan fingerprint density at radius 2 is 1.67 bits per heavy atom. The highest BCUT2D eigenvalue weighted by molar-refractivity contribution is 6.33. The van der Waals surface area contributed by atoms with E-state index in [-0.39, 0.29) is 12.5 Å². The van der Waals surface area contributed by atoms with Crippen molar-refractivity contribution in [1.82, 2.24) is 5.32 Å². The summed E-state index contributed by atoms with van der Waals surface area (Å²) in [7, 11) is 0. The standard InChI is InChI=1S/C23H19Cl2NO4/c1-15(27)30-20-7-3-4-16(11-20)13-26-23(28)21-12-19(8-9-22(21)25)29-14-17-5-2-6-18(24)10-17/h2-12H,13-14H2,1H3,(H,26,28). The Balaban J connectivity index is 1.64. The number of ether oxygens (including phenoxy) is 2. The van der Waals surface area contributed by atoms with Crippen LogP contribution >= 0.6 is 23.2 Å². The first-order valence-electron chi connectivity index (χ1n) is 9.13. The molecule has 30 heavy (non-hydrogen) atoms. The molecule has 0 spiro atoms. The molecule has 1 N–H and O–H groups in total. The second-order valence-electron chi connectivity index (χ2n) is 6.48. The highest BCUT2D eigenvalue weighted by atomic mass is 35.5. The molecule has 0 fully saturated rings. The third-order valence-corrected chi connectivity index (χ3v) is 4.65. The summed E-state index contributed by atoms with van der Waals surface area (Å²) in [6.45, 7) is 1.89. The lowest BCUT2D eigenvalue weighted by Crippen LogP contribution is -2.23. The average molecular weight is 444 g/mol. The number of carbonyl (C=O) groups excluding carboxylic acids is 2. The number of benzene rings is 3. The van der Waals surface area contributed by atoms with Crippen LogP contribution in [0.1, 0.15) is 28.4 Å². The molecule has 3 aromatic rings. The van der Waals surface area contributed by atoms with Gasteiger partial charge in [-0.1, -0.05) is 47.5 Å². The molecule has 0 atom stereocenters. The second kappa shape index (κ2) is 10.1. The molecule has 0 aliphatic heterocycles. The SMILES string of the molecule is CC(=O)Oc1cccc(CNC(=O)c2cc(OCc3cccc(Cl)c3)ccc2Cl)c1. The first-order chi connectivity index (χ1) is 14.4. The zero-order valence-corrected chi connectivity index (χ0v) is 17.7. The molecule has 0 radical (unpaired) electrons. The number of esters is 1. The van der Waals surface area contributed by atoms with Gasteiger partial charge < -0.3 is 14.8 Å². The van der Waals surface area contributed by atoms with Crippen LogP contribution in [0, 0.1) is 0 Å². The third-order valence-electron chi connectivity index (χ3n) is 4.09. The number of rotatable bonds is 7. The van der Waals surface area contributed by atoms with Gasteiger partial charge >= 0.3 is 5.97 Å². The minimum atomic E-state index is -0.405. The van der Waals surface area contributed by atoms with E-state index in [1.165, 1.54) is 6.92 Å². The minimum Gasteiger partial charge on any atom is -0.489 e. The van der Waals surface area contributed by atoms with E-state index >= 15 is 0 Å². The molecule has 1 amide bonds. The van der Waals surface area contributed by atoms with Crippen molar-refractivity contribution in [3.63, 3.8) is 0 Å². The summed E-state index contributed by atoms with van der Waals surface area (Å²) in [6.07, 6.45) is 0. The van der Waals surface area contributed by atoms with Gasteiger partial charge in [-0.15, -0.1) is 0 Å². The van der Waals surface area contributed by atoms with Crippen LogP contribution in [0.3, 0.4) is 0 Å². The Morgan fingerprint density at radius 3 is 2.43 bits per heavy atom. The minimum absolute atomic E-state index is 0.248. The van der Waals surface area contributed by atoms with Gasteiger partial charge in [-0.3, -0.25) is 9.59 Å². The number of halogens is 2. The lowest BCUT2D eigenvalue weighted by atomic mass is 10.1. The van der Waals surface area contributed by atoms with E-state index in [4.69, 9.17) is 32.7 Å². The summed E-state index contributed by atoms with van der Waals surface area (Å²) in [5, 5.41) is 3.75. The summed E-state index contributed by atoms with van der Waals surface area (Å²) in [5.74, 6) is 0.189. The first kappa shape index (κ1) is 21.7. The van der Waals surface area contributed by atoms with Crippen molar-refractivity contribution in [3.05, 3.63) is 93.5 Å². The van der Waals surface area contributed by atoms with Crippen molar-refractivity contribution in [2.24, 2.45) is 0 Å². The third kappa shape index (κ3) is 6.24. The largest absolute Gasteiger partial charge is 0.489 e. The van der Waals surface area contributed by atoms with Crippen molar-refractivity contribution in [2.75, 3.05) is 0 Å². The summed E-state index contributed by atoms with van der Waals surface area (Å²) >= 11 is 12.2. The molecular weight excluding hydrogens is 425 g/mol. The highest BCUT2D eigenvalue weighted by Crippen LogP contribution is 2.23. The van der Waals surface area contributed by atoms with Crippen molar-refractivity contribution >= 4 is 35.1 Å². The zero-order valence-electron chi connectivity index (χ0n) is 16.2. The molecule has 0 unspecified atom stereocenters. The van der Waals surface area contributed by atoms with Crippen molar-refractivity contribution in [1.29, 1.82) is 0 Å². The maximum Gasteiger partial charge on any atom is 0.308 e. The van der Waals surface area contributed by atoms with E-state index in [1.54, 1.807) is 42.5 Å². The van der Waals surface area contributed by atoms with E-state index in [9.17, 15) is 9.59 Å². The zero-order chi connectivity index (χ0) is 21.5. The smallest absolute Gasteiger partial charge is 0.308 e. The molecule has 0 saturated carbocycles. The number of amides is 1. The number of carbonyl (C=O) groups is 2. The second-order valence-corrected chi connectivity index (χ2v) is 7.33. The van der Waals surface area contributed by atoms with Gasteiger partial charge in [0.15, 0.2) is 0 Å². The molecule has 0 heterocycles.